The zero-order valence-electron chi connectivity index (χ0n) is 12.1. The van der Waals surface area contributed by atoms with Crippen LogP contribution in [0.25, 0.3) is 0 Å². The molecule has 0 aromatic carbocycles. The van der Waals surface area contributed by atoms with Gasteiger partial charge in [-0.25, -0.2) is 0 Å². The maximum Gasteiger partial charge on any atom is 0.228 e. The molecule has 1 saturated heterocycles. The van der Waals surface area contributed by atoms with Gasteiger partial charge in [-0.15, -0.1) is 0 Å². The molecule has 0 spiro atoms. The molecule has 0 aromatic heterocycles. The number of aliphatic hydroxyl groups excluding tert-OH is 1. The fraction of sp³-hybridized carbons (Fsp3) is 0.933. The van der Waals surface area contributed by atoms with Gasteiger partial charge in [0.05, 0.1) is 17.6 Å². The number of hydrogen-bond donors (Lipinski definition) is 3. The van der Waals surface area contributed by atoms with Crippen molar-refractivity contribution < 1.29 is 9.90 Å². The van der Waals surface area contributed by atoms with Crippen LogP contribution in [-0.2, 0) is 4.79 Å². The molecular formula is C15H28N2O2. The topological polar surface area (TPSA) is 61.4 Å². The number of aliphatic hydroxyl groups is 1. The highest BCUT2D eigenvalue weighted by molar-refractivity contribution is 5.83. The fourth-order valence-electron chi connectivity index (χ4n) is 3.55. The maximum atomic E-state index is 12.7. The van der Waals surface area contributed by atoms with E-state index in [4.69, 9.17) is 0 Å². The Hall–Kier alpha value is -0.610. The Bertz CT molecular complexity index is 305. The van der Waals surface area contributed by atoms with Gasteiger partial charge in [0, 0.05) is 6.54 Å². The summed E-state index contributed by atoms with van der Waals surface area (Å²) in [4.78, 5) is 12.7. The number of hydrogen-bond acceptors (Lipinski definition) is 3. The number of nitrogens with one attached hydrogen (secondary N) is 2. The molecule has 1 aliphatic carbocycles. The normalized spacial score (nSPS) is 30.8. The molecule has 110 valence electrons. The zero-order chi connectivity index (χ0) is 13.8. The second kappa shape index (κ2) is 6.23. The third kappa shape index (κ3) is 3.11. The van der Waals surface area contributed by atoms with Crippen LogP contribution in [0.4, 0.5) is 0 Å². The summed E-state index contributed by atoms with van der Waals surface area (Å²) in [5, 5.41) is 16.3. The first-order valence-electron chi connectivity index (χ1n) is 7.81. The van der Waals surface area contributed by atoms with Crippen molar-refractivity contribution in [2.45, 2.75) is 63.8 Å². The van der Waals surface area contributed by atoms with Crippen LogP contribution in [0.3, 0.4) is 0 Å². The van der Waals surface area contributed by atoms with Crippen molar-refractivity contribution in [2.75, 3.05) is 19.7 Å². The summed E-state index contributed by atoms with van der Waals surface area (Å²) in [5.41, 5.74) is -0.618. The smallest absolute Gasteiger partial charge is 0.228 e. The number of amides is 1. The third-order valence-electron chi connectivity index (χ3n) is 5.12. The van der Waals surface area contributed by atoms with Gasteiger partial charge in [-0.2, -0.15) is 0 Å². The van der Waals surface area contributed by atoms with Crippen molar-refractivity contribution in [1.82, 2.24) is 10.6 Å². The highest BCUT2D eigenvalue weighted by atomic mass is 16.3. The molecule has 4 heteroatoms. The quantitative estimate of drug-likeness (QED) is 0.725. The maximum absolute atomic E-state index is 12.7. The molecule has 19 heavy (non-hydrogen) atoms. The van der Waals surface area contributed by atoms with Crippen LogP contribution in [-0.4, -0.2) is 36.2 Å². The van der Waals surface area contributed by atoms with Crippen LogP contribution in [0.1, 0.15) is 58.3 Å². The number of carbonyl (C=O) groups excluding carboxylic acids is 1. The summed E-state index contributed by atoms with van der Waals surface area (Å²) in [6, 6.07) is 0. The van der Waals surface area contributed by atoms with Gasteiger partial charge < -0.3 is 15.7 Å². The van der Waals surface area contributed by atoms with Gasteiger partial charge in [-0.1, -0.05) is 26.2 Å². The second-order valence-electron chi connectivity index (χ2n) is 6.37. The average molecular weight is 268 g/mol. The van der Waals surface area contributed by atoms with Crippen molar-refractivity contribution in [1.29, 1.82) is 0 Å². The summed E-state index contributed by atoms with van der Waals surface area (Å²) >= 11 is 0. The van der Waals surface area contributed by atoms with E-state index in [1.807, 2.05) is 0 Å². The lowest BCUT2D eigenvalue weighted by molar-refractivity contribution is -0.135. The Morgan fingerprint density at radius 2 is 1.95 bits per heavy atom. The molecular weight excluding hydrogens is 240 g/mol. The Morgan fingerprint density at radius 3 is 2.47 bits per heavy atom. The summed E-state index contributed by atoms with van der Waals surface area (Å²) in [7, 11) is 0. The van der Waals surface area contributed by atoms with E-state index in [1.165, 1.54) is 6.42 Å². The fourth-order valence-corrected chi connectivity index (χ4v) is 3.55. The van der Waals surface area contributed by atoms with Crippen molar-refractivity contribution in [3.63, 3.8) is 0 Å². The van der Waals surface area contributed by atoms with Crippen molar-refractivity contribution >= 4 is 5.91 Å². The van der Waals surface area contributed by atoms with E-state index in [1.54, 1.807) is 0 Å². The number of piperidine rings is 1. The Kier molecular flexibility index (Phi) is 4.85. The molecule has 2 aliphatic rings. The van der Waals surface area contributed by atoms with Gasteiger partial charge in [0.1, 0.15) is 0 Å². The number of rotatable bonds is 4. The van der Waals surface area contributed by atoms with Crippen molar-refractivity contribution in [2.24, 2.45) is 5.41 Å². The Balaban J connectivity index is 2.05. The van der Waals surface area contributed by atoms with Gasteiger partial charge in [0.25, 0.3) is 0 Å². The van der Waals surface area contributed by atoms with Crippen LogP contribution in [0.15, 0.2) is 0 Å². The predicted octanol–water partition coefficient (Wildman–Crippen LogP) is 1.58. The lowest BCUT2D eigenvalue weighted by Crippen LogP contribution is -2.59. The first kappa shape index (κ1) is 14.8. The zero-order valence-corrected chi connectivity index (χ0v) is 12.1. The molecule has 1 saturated carbocycles. The minimum absolute atomic E-state index is 0.0754. The SMILES string of the molecule is CCC1(C(=O)NC2(CO)CCCCC2)CCCNC1. The van der Waals surface area contributed by atoms with Gasteiger partial charge >= 0.3 is 0 Å². The first-order valence-corrected chi connectivity index (χ1v) is 7.81. The summed E-state index contributed by atoms with van der Waals surface area (Å²) < 4.78 is 0. The van der Waals surface area contributed by atoms with E-state index in [2.05, 4.69) is 17.6 Å². The summed E-state index contributed by atoms with van der Waals surface area (Å²) in [6.07, 6.45) is 8.17. The lowest BCUT2D eigenvalue weighted by atomic mass is 9.75. The molecule has 0 aromatic rings. The van der Waals surface area contributed by atoms with Crippen LogP contribution < -0.4 is 10.6 Å². The van der Waals surface area contributed by atoms with Gasteiger partial charge in [0.2, 0.25) is 5.91 Å². The molecule has 1 atom stereocenters. The van der Waals surface area contributed by atoms with Crippen LogP contribution >= 0.6 is 0 Å². The standard InChI is InChI=1S/C15H28N2O2/c1-2-14(7-6-10-16-11-14)13(19)17-15(12-18)8-4-3-5-9-15/h16,18H,2-12H2,1H3,(H,17,19). The average Bonchev–Trinajstić information content (AvgIpc) is 2.48. The molecule has 1 amide bonds. The van der Waals surface area contributed by atoms with E-state index in [0.717, 1.165) is 58.0 Å². The Morgan fingerprint density at radius 1 is 1.21 bits per heavy atom. The van der Waals surface area contributed by atoms with Crippen LogP contribution in [0, 0.1) is 5.41 Å². The molecule has 1 aliphatic heterocycles. The van der Waals surface area contributed by atoms with Crippen LogP contribution in [0.5, 0.6) is 0 Å². The minimum atomic E-state index is -0.352. The second-order valence-corrected chi connectivity index (χ2v) is 6.37. The molecule has 1 unspecified atom stereocenters. The largest absolute Gasteiger partial charge is 0.394 e. The lowest BCUT2D eigenvalue weighted by Gasteiger charge is -2.42. The molecule has 1 heterocycles. The first-order chi connectivity index (χ1) is 9.16. The van der Waals surface area contributed by atoms with E-state index < -0.39 is 0 Å². The summed E-state index contributed by atoms with van der Waals surface area (Å²) in [6.45, 7) is 3.96. The van der Waals surface area contributed by atoms with E-state index >= 15 is 0 Å². The predicted molar refractivity (Wildman–Crippen MR) is 75.9 cm³/mol. The molecule has 0 radical (unpaired) electrons. The molecule has 2 fully saturated rings. The molecule has 2 rings (SSSR count). The Labute approximate surface area is 116 Å². The van der Waals surface area contributed by atoms with Crippen LogP contribution in [0.2, 0.25) is 0 Å². The highest BCUT2D eigenvalue weighted by Gasteiger charge is 2.42. The van der Waals surface area contributed by atoms with E-state index in [0.29, 0.717) is 0 Å². The van der Waals surface area contributed by atoms with Gasteiger partial charge in [-0.3, -0.25) is 4.79 Å². The molecule has 3 N–H and O–H groups in total. The minimum Gasteiger partial charge on any atom is -0.394 e. The van der Waals surface area contributed by atoms with Crippen molar-refractivity contribution in [3.05, 3.63) is 0 Å². The van der Waals surface area contributed by atoms with Gasteiger partial charge in [0.15, 0.2) is 0 Å². The molecule has 4 nitrogen and oxygen atoms in total. The number of carbonyl (C=O) groups is 1. The third-order valence-corrected chi connectivity index (χ3v) is 5.12. The van der Waals surface area contributed by atoms with Gasteiger partial charge in [-0.05, 0) is 38.6 Å². The monoisotopic (exact) mass is 268 g/mol. The summed E-state index contributed by atoms with van der Waals surface area (Å²) in [5.74, 6) is 0.151. The highest BCUT2D eigenvalue weighted by Crippen LogP contribution is 2.33. The van der Waals surface area contributed by atoms with Crippen molar-refractivity contribution in [3.8, 4) is 0 Å². The van der Waals surface area contributed by atoms with E-state index in [-0.39, 0.29) is 23.5 Å². The van der Waals surface area contributed by atoms with E-state index in [9.17, 15) is 9.90 Å². The molecule has 0 bridgehead atoms.